The van der Waals surface area contributed by atoms with E-state index in [0.29, 0.717) is 0 Å². The molecule has 90 valence electrons. The summed E-state index contributed by atoms with van der Waals surface area (Å²) in [5, 5.41) is 7.53. The number of anilines is 1. The molecule has 0 amide bonds. The summed E-state index contributed by atoms with van der Waals surface area (Å²) < 4.78 is 0. The number of hydrogen-bond donors (Lipinski definition) is 1. The lowest BCUT2D eigenvalue weighted by molar-refractivity contribution is 0.987. The third-order valence-electron chi connectivity index (χ3n) is 2.66. The largest absolute Gasteiger partial charge is 0.369 e. The van der Waals surface area contributed by atoms with Gasteiger partial charge >= 0.3 is 0 Å². The Morgan fingerprint density at radius 1 is 1.11 bits per heavy atom. The Balaban J connectivity index is 1.74. The quantitative estimate of drug-likeness (QED) is 0.779. The molecule has 5 heteroatoms. The number of thiazole rings is 1. The Bertz CT molecular complexity index is 631. The molecule has 0 saturated carbocycles. The van der Waals surface area contributed by atoms with Crippen LogP contribution in [0.4, 0.5) is 5.82 Å². The highest BCUT2D eigenvalue weighted by atomic mass is 32.1. The Labute approximate surface area is 109 Å². The molecule has 4 nitrogen and oxygen atoms in total. The van der Waals surface area contributed by atoms with Gasteiger partial charge in [0, 0.05) is 29.9 Å². The first-order chi connectivity index (χ1) is 8.93. The number of hydrogen-bond acceptors (Lipinski definition) is 5. The maximum Gasteiger partial charge on any atom is 0.137 e. The zero-order chi connectivity index (χ0) is 12.2. The second-order valence-corrected chi connectivity index (χ2v) is 4.82. The van der Waals surface area contributed by atoms with Gasteiger partial charge < -0.3 is 5.32 Å². The molecule has 0 radical (unpaired) electrons. The van der Waals surface area contributed by atoms with E-state index in [-0.39, 0.29) is 0 Å². The molecule has 18 heavy (non-hydrogen) atoms. The molecule has 0 spiro atoms. The van der Waals surface area contributed by atoms with Crippen LogP contribution in [0.1, 0.15) is 5.01 Å². The smallest absolute Gasteiger partial charge is 0.137 e. The van der Waals surface area contributed by atoms with E-state index in [9.17, 15) is 0 Å². The highest BCUT2D eigenvalue weighted by Gasteiger charge is 2.02. The third-order valence-corrected chi connectivity index (χ3v) is 3.50. The van der Waals surface area contributed by atoms with E-state index in [0.717, 1.165) is 34.7 Å². The van der Waals surface area contributed by atoms with E-state index in [2.05, 4.69) is 20.3 Å². The molecule has 2 aromatic heterocycles. The number of fused-ring (bicyclic) bond motifs is 1. The maximum absolute atomic E-state index is 4.29. The van der Waals surface area contributed by atoms with Crippen molar-refractivity contribution >= 4 is 28.1 Å². The molecule has 3 rings (SSSR count). The molecular weight excluding hydrogens is 244 g/mol. The van der Waals surface area contributed by atoms with Crippen molar-refractivity contribution in [2.75, 3.05) is 11.9 Å². The van der Waals surface area contributed by atoms with Crippen molar-refractivity contribution in [2.24, 2.45) is 0 Å². The first kappa shape index (κ1) is 11.1. The Kier molecular flexibility index (Phi) is 3.14. The van der Waals surface area contributed by atoms with Gasteiger partial charge in [0.05, 0.1) is 10.5 Å². The van der Waals surface area contributed by atoms with Gasteiger partial charge in [0.25, 0.3) is 0 Å². The predicted octanol–water partition coefficient (Wildman–Crippen LogP) is 2.74. The highest BCUT2D eigenvalue weighted by Crippen LogP contribution is 2.18. The molecule has 0 unspecified atom stereocenters. The van der Waals surface area contributed by atoms with E-state index in [1.54, 1.807) is 17.7 Å². The lowest BCUT2D eigenvalue weighted by Gasteiger charge is -2.06. The molecule has 1 N–H and O–H groups in total. The fourth-order valence-electron chi connectivity index (χ4n) is 1.81. The van der Waals surface area contributed by atoms with Gasteiger partial charge in [-0.2, -0.15) is 0 Å². The second-order valence-electron chi connectivity index (χ2n) is 3.84. The van der Waals surface area contributed by atoms with Crippen molar-refractivity contribution in [1.29, 1.82) is 0 Å². The van der Waals surface area contributed by atoms with Crippen LogP contribution in [0.25, 0.3) is 10.9 Å². The van der Waals surface area contributed by atoms with Gasteiger partial charge in [-0.3, -0.25) is 0 Å². The summed E-state index contributed by atoms with van der Waals surface area (Å²) >= 11 is 1.68. The SMILES string of the molecule is c1ccc2c(NCCc3nccs3)ncnc2c1. The van der Waals surface area contributed by atoms with Gasteiger partial charge in [-0.15, -0.1) is 11.3 Å². The molecule has 2 heterocycles. The van der Waals surface area contributed by atoms with Gasteiger partial charge in [-0.1, -0.05) is 12.1 Å². The summed E-state index contributed by atoms with van der Waals surface area (Å²) in [6.07, 6.45) is 4.34. The normalized spacial score (nSPS) is 10.7. The summed E-state index contributed by atoms with van der Waals surface area (Å²) in [7, 11) is 0. The van der Waals surface area contributed by atoms with Crippen LogP contribution in [0.15, 0.2) is 42.2 Å². The lowest BCUT2D eigenvalue weighted by atomic mass is 10.2. The molecule has 1 aromatic carbocycles. The van der Waals surface area contributed by atoms with Crippen LogP contribution >= 0.6 is 11.3 Å². The summed E-state index contributed by atoms with van der Waals surface area (Å²) in [6.45, 7) is 0.828. The minimum atomic E-state index is 0.828. The number of para-hydroxylation sites is 1. The fraction of sp³-hybridized carbons (Fsp3) is 0.154. The van der Waals surface area contributed by atoms with Crippen LogP contribution in [0.2, 0.25) is 0 Å². The number of benzene rings is 1. The molecule has 0 aliphatic rings. The van der Waals surface area contributed by atoms with E-state index in [1.807, 2.05) is 35.8 Å². The van der Waals surface area contributed by atoms with Crippen LogP contribution in [0.5, 0.6) is 0 Å². The van der Waals surface area contributed by atoms with E-state index >= 15 is 0 Å². The second kappa shape index (κ2) is 5.10. The number of aromatic nitrogens is 3. The summed E-state index contributed by atoms with van der Waals surface area (Å²) in [5.74, 6) is 0.886. The monoisotopic (exact) mass is 256 g/mol. The lowest BCUT2D eigenvalue weighted by Crippen LogP contribution is -2.06. The molecule has 0 fully saturated rings. The van der Waals surface area contributed by atoms with E-state index in [4.69, 9.17) is 0 Å². The maximum atomic E-state index is 4.29. The molecule has 3 aromatic rings. The van der Waals surface area contributed by atoms with Crippen LogP contribution in [0, 0.1) is 0 Å². The fourth-order valence-corrected chi connectivity index (χ4v) is 2.43. The van der Waals surface area contributed by atoms with Gasteiger partial charge in [0.15, 0.2) is 0 Å². The summed E-state index contributed by atoms with van der Waals surface area (Å²) in [4.78, 5) is 12.8. The predicted molar refractivity (Wildman–Crippen MR) is 73.8 cm³/mol. The van der Waals surface area contributed by atoms with Crippen molar-refractivity contribution in [3.8, 4) is 0 Å². The van der Waals surface area contributed by atoms with Crippen LogP contribution in [-0.2, 0) is 6.42 Å². The van der Waals surface area contributed by atoms with Crippen molar-refractivity contribution in [2.45, 2.75) is 6.42 Å². The number of rotatable bonds is 4. The Morgan fingerprint density at radius 3 is 2.94 bits per heavy atom. The van der Waals surface area contributed by atoms with Gasteiger partial charge in [-0.25, -0.2) is 15.0 Å². The topological polar surface area (TPSA) is 50.7 Å². The van der Waals surface area contributed by atoms with Crippen LogP contribution < -0.4 is 5.32 Å². The van der Waals surface area contributed by atoms with Gasteiger partial charge in [0.2, 0.25) is 0 Å². The number of nitrogens with one attached hydrogen (secondary N) is 1. The first-order valence-corrected chi connectivity index (χ1v) is 6.63. The zero-order valence-corrected chi connectivity index (χ0v) is 10.5. The minimum absolute atomic E-state index is 0.828. The molecule has 0 atom stereocenters. The number of nitrogens with zero attached hydrogens (tertiary/aromatic N) is 3. The molecule has 0 saturated heterocycles. The zero-order valence-electron chi connectivity index (χ0n) is 9.71. The van der Waals surface area contributed by atoms with Crippen molar-refractivity contribution in [3.63, 3.8) is 0 Å². The summed E-state index contributed by atoms with van der Waals surface area (Å²) in [5.41, 5.74) is 0.962. The van der Waals surface area contributed by atoms with Crippen LogP contribution in [0.3, 0.4) is 0 Å². The molecule has 0 aliphatic heterocycles. The Morgan fingerprint density at radius 2 is 2.06 bits per heavy atom. The standard InChI is InChI=1S/C13H12N4S/c1-2-4-11-10(3-1)13(17-9-16-11)15-6-5-12-14-7-8-18-12/h1-4,7-9H,5-6H2,(H,15,16,17). The third kappa shape index (κ3) is 2.31. The molecule has 0 bridgehead atoms. The average Bonchev–Trinajstić information content (AvgIpc) is 2.92. The average molecular weight is 256 g/mol. The van der Waals surface area contributed by atoms with Gasteiger partial charge in [0.1, 0.15) is 12.1 Å². The highest BCUT2D eigenvalue weighted by molar-refractivity contribution is 7.09. The van der Waals surface area contributed by atoms with Crippen LogP contribution in [-0.4, -0.2) is 21.5 Å². The van der Waals surface area contributed by atoms with Gasteiger partial charge in [-0.05, 0) is 12.1 Å². The molecular formula is C13H12N4S. The van der Waals surface area contributed by atoms with E-state index < -0.39 is 0 Å². The van der Waals surface area contributed by atoms with Crippen molar-refractivity contribution in [1.82, 2.24) is 15.0 Å². The van der Waals surface area contributed by atoms with Crippen molar-refractivity contribution in [3.05, 3.63) is 47.2 Å². The van der Waals surface area contributed by atoms with E-state index in [1.165, 1.54) is 0 Å². The first-order valence-electron chi connectivity index (χ1n) is 5.75. The van der Waals surface area contributed by atoms with Crippen molar-refractivity contribution < 1.29 is 0 Å². The Hall–Kier alpha value is -2.01. The summed E-state index contributed by atoms with van der Waals surface area (Å²) in [6, 6.07) is 8.00. The minimum Gasteiger partial charge on any atom is -0.369 e. The molecule has 0 aliphatic carbocycles.